The third-order valence-electron chi connectivity index (χ3n) is 3.29. The van der Waals surface area contributed by atoms with Crippen molar-refractivity contribution in [1.29, 1.82) is 0 Å². The molecule has 2 aromatic rings. The van der Waals surface area contributed by atoms with Crippen LogP contribution < -0.4 is 10.9 Å². The van der Waals surface area contributed by atoms with Gasteiger partial charge in [-0.1, -0.05) is 54.7 Å². The van der Waals surface area contributed by atoms with Crippen molar-refractivity contribution in [3.8, 4) is 0 Å². The predicted molar refractivity (Wildman–Crippen MR) is 104 cm³/mol. The predicted octanol–water partition coefficient (Wildman–Crippen LogP) is 5.36. The van der Waals surface area contributed by atoms with Gasteiger partial charge in [-0.3, -0.25) is 20.4 Å². The van der Waals surface area contributed by atoms with Gasteiger partial charge < -0.3 is 0 Å². The molecule has 0 aliphatic heterocycles. The molecular formula is C18H19Cl3N2O2. The van der Waals surface area contributed by atoms with Gasteiger partial charge in [0, 0.05) is 10.6 Å². The van der Waals surface area contributed by atoms with Gasteiger partial charge in [0.2, 0.25) is 0 Å². The second kappa shape index (κ2) is 9.66. The second-order valence-electron chi connectivity index (χ2n) is 4.95. The molecule has 0 bridgehead atoms. The van der Waals surface area contributed by atoms with E-state index in [1.165, 1.54) is 12.1 Å². The monoisotopic (exact) mass is 400 g/mol. The number of hydrazine groups is 1. The summed E-state index contributed by atoms with van der Waals surface area (Å²) < 4.78 is 0. The van der Waals surface area contributed by atoms with Crippen LogP contribution in [0.5, 0.6) is 0 Å². The van der Waals surface area contributed by atoms with Crippen molar-refractivity contribution in [2.45, 2.75) is 27.7 Å². The van der Waals surface area contributed by atoms with Gasteiger partial charge in [0.05, 0.1) is 15.6 Å². The van der Waals surface area contributed by atoms with Crippen molar-refractivity contribution >= 4 is 46.6 Å². The van der Waals surface area contributed by atoms with Gasteiger partial charge in [-0.05, 0) is 49.2 Å². The van der Waals surface area contributed by atoms with Crippen molar-refractivity contribution in [3.05, 3.63) is 67.7 Å². The van der Waals surface area contributed by atoms with E-state index >= 15 is 0 Å². The number of rotatable bonds is 2. The van der Waals surface area contributed by atoms with Crippen LogP contribution in [0.1, 0.15) is 45.7 Å². The lowest BCUT2D eigenvalue weighted by Gasteiger charge is -2.11. The van der Waals surface area contributed by atoms with Crippen molar-refractivity contribution in [3.63, 3.8) is 0 Å². The minimum atomic E-state index is -0.631. The van der Waals surface area contributed by atoms with Crippen molar-refractivity contribution < 1.29 is 9.59 Å². The van der Waals surface area contributed by atoms with Crippen LogP contribution in [0.3, 0.4) is 0 Å². The molecule has 4 nitrogen and oxygen atoms in total. The van der Waals surface area contributed by atoms with Crippen molar-refractivity contribution in [2.24, 2.45) is 0 Å². The lowest BCUT2D eigenvalue weighted by molar-refractivity contribution is 0.0847. The van der Waals surface area contributed by atoms with Crippen LogP contribution in [0.25, 0.3) is 0 Å². The molecule has 0 atom stereocenters. The number of benzene rings is 2. The van der Waals surface area contributed by atoms with Gasteiger partial charge in [-0.25, -0.2) is 0 Å². The summed E-state index contributed by atoms with van der Waals surface area (Å²) in [5.41, 5.74) is 7.13. The number of hydrogen-bond acceptors (Lipinski definition) is 2. The SMILES string of the molecule is CC.Cc1ccc(C(=O)NNC(=O)c2c(Cl)cc(Cl)cc2Cl)cc1C. The first-order valence-corrected chi connectivity index (χ1v) is 8.75. The highest BCUT2D eigenvalue weighted by Gasteiger charge is 2.17. The number of aryl methyl sites for hydroxylation is 2. The summed E-state index contributed by atoms with van der Waals surface area (Å²) >= 11 is 17.7. The zero-order chi connectivity index (χ0) is 19.1. The lowest BCUT2D eigenvalue weighted by atomic mass is 10.1. The summed E-state index contributed by atoms with van der Waals surface area (Å²) in [5.74, 6) is -1.07. The smallest absolute Gasteiger partial charge is 0.267 e. The van der Waals surface area contributed by atoms with E-state index in [4.69, 9.17) is 34.8 Å². The minimum absolute atomic E-state index is 0.0399. The molecule has 2 amide bonds. The highest BCUT2D eigenvalue weighted by Crippen LogP contribution is 2.28. The maximum atomic E-state index is 12.1. The van der Waals surface area contributed by atoms with Gasteiger partial charge in [0.15, 0.2) is 0 Å². The van der Waals surface area contributed by atoms with Crippen LogP contribution in [0.2, 0.25) is 15.1 Å². The number of nitrogens with one attached hydrogen (secondary N) is 2. The van der Waals surface area contributed by atoms with Gasteiger partial charge in [-0.15, -0.1) is 0 Å². The molecule has 0 unspecified atom stereocenters. The average molecular weight is 402 g/mol. The van der Waals surface area contributed by atoms with E-state index < -0.39 is 11.8 Å². The molecule has 134 valence electrons. The van der Waals surface area contributed by atoms with E-state index in [1.54, 1.807) is 12.1 Å². The summed E-state index contributed by atoms with van der Waals surface area (Å²) in [5, 5.41) is 0.511. The Balaban J connectivity index is 0.00000151. The van der Waals surface area contributed by atoms with Gasteiger partial charge >= 0.3 is 0 Å². The average Bonchev–Trinajstić information content (AvgIpc) is 2.56. The molecule has 2 aromatic carbocycles. The topological polar surface area (TPSA) is 58.2 Å². The van der Waals surface area contributed by atoms with E-state index in [0.717, 1.165) is 11.1 Å². The zero-order valence-corrected chi connectivity index (χ0v) is 16.6. The Kier molecular flexibility index (Phi) is 8.23. The van der Waals surface area contributed by atoms with Crippen LogP contribution in [-0.2, 0) is 0 Å². The standard InChI is InChI=1S/C16H13Cl3N2O2.C2H6/c1-8-3-4-10(5-9(8)2)15(22)20-21-16(23)14-12(18)6-11(17)7-13(14)19;1-2/h3-7H,1-2H3,(H,20,22)(H,21,23);1-2H3. The number of halogens is 3. The molecule has 0 heterocycles. The highest BCUT2D eigenvalue weighted by molar-refractivity contribution is 6.42. The number of carbonyl (C=O) groups excluding carboxylic acids is 2. The summed E-state index contributed by atoms with van der Waals surface area (Å²) in [7, 11) is 0. The summed E-state index contributed by atoms with van der Waals surface area (Å²) in [6.07, 6.45) is 0. The third kappa shape index (κ3) is 5.63. The van der Waals surface area contributed by atoms with E-state index in [-0.39, 0.29) is 15.6 Å². The first-order valence-electron chi connectivity index (χ1n) is 7.62. The summed E-state index contributed by atoms with van der Waals surface area (Å²) in [6, 6.07) is 8.04. The molecule has 0 fully saturated rings. The molecule has 0 spiro atoms. The normalized spacial score (nSPS) is 9.72. The lowest BCUT2D eigenvalue weighted by Crippen LogP contribution is -2.41. The Morgan fingerprint density at radius 3 is 1.84 bits per heavy atom. The van der Waals surface area contributed by atoms with Gasteiger partial charge in [0.25, 0.3) is 11.8 Å². The largest absolute Gasteiger partial charge is 0.272 e. The van der Waals surface area contributed by atoms with E-state index in [0.29, 0.717) is 10.6 Å². The number of carbonyl (C=O) groups is 2. The Labute approximate surface area is 162 Å². The van der Waals surface area contributed by atoms with E-state index in [1.807, 2.05) is 33.8 Å². The third-order valence-corrected chi connectivity index (χ3v) is 4.11. The van der Waals surface area contributed by atoms with Crippen LogP contribution >= 0.6 is 34.8 Å². The fourth-order valence-corrected chi connectivity index (χ4v) is 2.88. The number of amides is 2. The van der Waals surface area contributed by atoms with E-state index in [9.17, 15) is 9.59 Å². The summed E-state index contributed by atoms with van der Waals surface area (Å²) in [6.45, 7) is 7.85. The highest BCUT2D eigenvalue weighted by atomic mass is 35.5. The second-order valence-corrected chi connectivity index (χ2v) is 6.20. The molecule has 0 radical (unpaired) electrons. The quantitative estimate of drug-likeness (QED) is 0.665. The molecule has 0 aliphatic rings. The van der Waals surface area contributed by atoms with Crippen molar-refractivity contribution in [1.82, 2.24) is 10.9 Å². The zero-order valence-electron chi connectivity index (χ0n) is 14.3. The molecule has 0 aliphatic carbocycles. The van der Waals surface area contributed by atoms with Crippen molar-refractivity contribution in [2.75, 3.05) is 0 Å². The molecule has 0 aromatic heterocycles. The minimum Gasteiger partial charge on any atom is -0.267 e. The van der Waals surface area contributed by atoms with Gasteiger partial charge in [-0.2, -0.15) is 0 Å². The van der Waals surface area contributed by atoms with Crippen LogP contribution in [0, 0.1) is 13.8 Å². The fourth-order valence-electron chi connectivity index (χ4n) is 1.89. The first-order chi connectivity index (χ1) is 11.8. The summed E-state index contributed by atoms with van der Waals surface area (Å²) in [4.78, 5) is 24.2. The molecule has 2 N–H and O–H groups in total. The number of hydrogen-bond donors (Lipinski definition) is 2. The molecule has 0 saturated heterocycles. The Morgan fingerprint density at radius 1 is 0.800 bits per heavy atom. The fraction of sp³-hybridized carbons (Fsp3) is 0.222. The molecular weight excluding hydrogens is 383 g/mol. The van der Waals surface area contributed by atoms with Gasteiger partial charge in [0.1, 0.15) is 0 Å². The maximum absolute atomic E-state index is 12.1. The van der Waals surface area contributed by atoms with Crippen LogP contribution in [0.4, 0.5) is 0 Å². The van der Waals surface area contributed by atoms with E-state index in [2.05, 4.69) is 10.9 Å². The molecule has 0 saturated carbocycles. The first kappa shape index (κ1) is 21.3. The maximum Gasteiger partial charge on any atom is 0.272 e. The Bertz CT molecular complexity index is 769. The molecule has 7 heteroatoms. The molecule has 2 rings (SSSR count). The molecule has 25 heavy (non-hydrogen) atoms. The Morgan fingerprint density at radius 2 is 1.32 bits per heavy atom. The van der Waals surface area contributed by atoms with Crippen LogP contribution in [-0.4, -0.2) is 11.8 Å². The Hall–Kier alpha value is -1.75. The van der Waals surface area contributed by atoms with Crippen LogP contribution in [0.15, 0.2) is 30.3 Å².